The molecule has 0 unspecified atom stereocenters. The number of furan rings is 1. The zero-order valence-electron chi connectivity index (χ0n) is 14.8. The summed E-state index contributed by atoms with van der Waals surface area (Å²) in [6, 6.07) is 7.15. The van der Waals surface area contributed by atoms with Gasteiger partial charge in [0.05, 0.1) is 17.8 Å². The number of nitrogens with one attached hydrogen (secondary N) is 1. The Morgan fingerprint density at radius 2 is 1.77 bits per heavy atom. The van der Waals surface area contributed by atoms with E-state index in [1.54, 1.807) is 0 Å². The Hall–Kier alpha value is -3.31. The minimum absolute atomic E-state index is 0.0879. The van der Waals surface area contributed by atoms with E-state index in [9.17, 15) is 35.5 Å². The lowest BCUT2D eigenvalue weighted by Gasteiger charge is -2.12. The predicted molar refractivity (Wildman–Crippen MR) is 89.3 cm³/mol. The van der Waals surface area contributed by atoms with Crippen molar-refractivity contribution in [2.45, 2.75) is 25.6 Å². The van der Waals surface area contributed by atoms with E-state index in [0.29, 0.717) is 10.7 Å². The largest absolute Gasteiger partial charge is 0.454 e. The van der Waals surface area contributed by atoms with E-state index in [-0.39, 0.29) is 5.76 Å². The Kier molecular flexibility index (Phi) is 5.85. The lowest BCUT2D eigenvalue weighted by Crippen LogP contribution is -2.16. The zero-order valence-corrected chi connectivity index (χ0v) is 14.8. The minimum Gasteiger partial charge on any atom is -0.454 e. The third-order valence-corrected chi connectivity index (χ3v) is 3.95. The normalized spacial score (nSPS) is 12.0. The molecule has 2 heterocycles. The van der Waals surface area contributed by atoms with Gasteiger partial charge in [-0.3, -0.25) is 9.48 Å². The van der Waals surface area contributed by atoms with Gasteiger partial charge in [0, 0.05) is 0 Å². The van der Waals surface area contributed by atoms with Crippen LogP contribution in [0, 0.1) is 0 Å². The van der Waals surface area contributed by atoms with Gasteiger partial charge >= 0.3 is 6.18 Å². The highest BCUT2D eigenvalue weighted by molar-refractivity contribution is 6.02. The maximum Gasteiger partial charge on any atom is 0.418 e. The van der Waals surface area contributed by atoms with Crippen LogP contribution in [0.25, 0.3) is 0 Å². The molecule has 0 saturated carbocycles. The minimum atomic E-state index is -4.70. The van der Waals surface area contributed by atoms with Crippen LogP contribution < -0.4 is 5.32 Å². The number of nitrogens with zero attached hydrogens (tertiary/aromatic N) is 2. The molecule has 30 heavy (non-hydrogen) atoms. The molecule has 0 aliphatic heterocycles. The molecule has 0 fully saturated rings. The van der Waals surface area contributed by atoms with Gasteiger partial charge in [-0.2, -0.15) is 18.3 Å². The van der Waals surface area contributed by atoms with Crippen LogP contribution in [0.2, 0.25) is 0 Å². The summed E-state index contributed by atoms with van der Waals surface area (Å²) in [4.78, 5) is 12.2. The summed E-state index contributed by atoms with van der Waals surface area (Å²) < 4.78 is 96.3. The van der Waals surface area contributed by atoms with Gasteiger partial charge in [-0.05, 0) is 30.3 Å². The third-order valence-electron chi connectivity index (χ3n) is 3.95. The number of carbonyl (C=O) groups is 1. The molecular weight excluding hydrogens is 423 g/mol. The van der Waals surface area contributed by atoms with E-state index >= 15 is 0 Å². The fourth-order valence-electron chi connectivity index (χ4n) is 2.62. The molecule has 160 valence electrons. The van der Waals surface area contributed by atoms with Crippen LogP contribution in [0.3, 0.4) is 0 Å². The summed E-state index contributed by atoms with van der Waals surface area (Å²) in [6.45, 7) is -0.487. The number of halogens is 7. The third kappa shape index (κ3) is 4.63. The van der Waals surface area contributed by atoms with E-state index in [2.05, 4.69) is 10.4 Å². The number of aromatic nitrogens is 2. The topological polar surface area (TPSA) is 60.1 Å². The van der Waals surface area contributed by atoms with Crippen molar-refractivity contribution in [1.29, 1.82) is 0 Å². The van der Waals surface area contributed by atoms with Crippen LogP contribution >= 0.6 is 0 Å². The first-order chi connectivity index (χ1) is 14.1. The Labute approximate surface area is 164 Å². The molecule has 0 saturated heterocycles. The Balaban J connectivity index is 1.79. The number of alkyl halides is 7. The van der Waals surface area contributed by atoms with E-state index in [1.165, 1.54) is 12.1 Å². The maximum atomic E-state index is 13.0. The van der Waals surface area contributed by atoms with Gasteiger partial charge in [0.2, 0.25) is 0 Å². The summed E-state index contributed by atoms with van der Waals surface area (Å²) in [5.41, 5.74) is -3.19. The van der Waals surface area contributed by atoms with E-state index in [0.717, 1.165) is 24.3 Å². The average molecular weight is 435 g/mol. The van der Waals surface area contributed by atoms with Crippen molar-refractivity contribution in [2.75, 3.05) is 5.32 Å². The molecule has 1 N–H and O–H groups in total. The summed E-state index contributed by atoms with van der Waals surface area (Å²) in [7, 11) is 0. The standard InChI is InChI=1S/C18H12F7N3O2/c19-15(20)12-7-13(16(21)22)28(27-12)8-9-5-6-14(30-9)17(29)26-11-4-2-1-3-10(11)18(23,24)25/h1-7,15-16H,8H2,(H,26,29). The molecule has 1 aromatic carbocycles. The van der Waals surface area contributed by atoms with Crippen LogP contribution in [0.5, 0.6) is 0 Å². The number of para-hydroxylation sites is 1. The fraction of sp³-hybridized carbons (Fsp3) is 0.222. The van der Waals surface area contributed by atoms with Crippen molar-refractivity contribution in [1.82, 2.24) is 9.78 Å². The van der Waals surface area contributed by atoms with Crippen LogP contribution in [-0.4, -0.2) is 15.7 Å². The predicted octanol–water partition coefficient (Wildman–Crippen LogP) is 5.67. The summed E-state index contributed by atoms with van der Waals surface area (Å²) in [6.07, 6.45) is -10.8. The molecule has 0 bridgehead atoms. The molecular formula is C18H12F7N3O2. The van der Waals surface area contributed by atoms with Gasteiger partial charge in [0.15, 0.2) is 5.76 Å². The van der Waals surface area contributed by atoms with Crippen LogP contribution in [0.1, 0.15) is 46.1 Å². The number of amides is 1. The van der Waals surface area contributed by atoms with E-state index in [4.69, 9.17) is 4.42 Å². The molecule has 2 aromatic heterocycles. The Bertz CT molecular complexity index is 1040. The van der Waals surface area contributed by atoms with Gasteiger partial charge in [0.25, 0.3) is 18.8 Å². The van der Waals surface area contributed by atoms with Gasteiger partial charge in [-0.15, -0.1) is 0 Å². The highest BCUT2D eigenvalue weighted by Gasteiger charge is 2.33. The Morgan fingerprint density at radius 3 is 2.40 bits per heavy atom. The van der Waals surface area contributed by atoms with Gasteiger partial charge in [0.1, 0.15) is 17.1 Å². The first-order valence-corrected chi connectivity index (χ1v) is 8.26. The number of rotatable bonds is 6. The smallest absolute Gasteiger partial charge is 0.418 e. The Morgan fingerprint density at radius 1 is 1.07 bits per heavy atom. The number of anilines is 1. The number of hydrogen-bond acceptors (Lipinski definition) is 3. The van der Waals surface area contributed by atoms with Gasteiger partial charge in [-0.1, -0.05) is 12.1 Å². The van der Waals surface area contributed by atoms with Crippen LogP contribution in [0.4, 0.5) is 36.4 Å². The molecule has 0 aliphatic rings. The van der Waals surface area contributed by atoms with Crippen LogP contribution in [0.15, 0.2) is 46.9 Å². The van der Waals surface area contributed by atoms with E-state index in [1.807, 2.05) is 0 Å². The number of hydrogen-bond donors (Lipinski definition) is 1. The molecule has 0 atom stereocenters. The SMILES string of the molecule is O=C(Nc1ccccc1C(F)(F)F)c1ccc(Cn2nc(C(F)F)cc2C(F)F)o1. The molecule has 0 radical (unpaired) electrons. The van der Waals surface area contributed by atoms with E-state index < -0.39 is 59.9 Å². The van der Waals surface area contributed by atoms with Crippen molar-refractivity contribution < 1.29 is 39.9 Å². The molecule has 1 amide bonds. The molecule has 12 heteroatoms. The lowest BCUT2D eigenvalue weighted by atomic mass is 10.1. The van der Waals surface area contributed by atoms with Crippen LogP contribution in [-0.2, 0) is 12.7 Å². The van der Waals surface area contributed by atoms with Crippen molar-refractivity contribution >= 4 is 11.6 Å². The highest BCUT2D eigenvalue weighted by atomic mass is 19.4. The van der Waals surface area contributed by atoms with Crippen molar-refractivity contribution in [2.24, 2.45) is 0 Å². The molecule has 0 spiro atoms. The van der Waals surface area contributed by atoms with Gasteiger partial charge < -0.3 is 9.73 Å². The average Bonchev–Trinajstić information content (AvgIpc) is 3.29. The molecule has 3 aromatic rings. The van der Waals surface area contributed by atoms with Crippen molar-refractivity contribution in [3.8, 4) is 0 Å². The molecule has 5 nitrogen and oxygen atoms in total. The molecule has 3 rings (SSSR count). The number of benzene rings is 1. The second-order valence-electron chi connectivity index (χ2n) is 6.02. The summed E-state index contributed by atoms with van der Waals surface area (Å²) in [5, 5.41) is 5.45. The maximum absolute atomic E-state index is 13.0. The lowest BCUT2D eigenvalue weighted by molar-refractivity contribution is -0.136. The highest BCUT2D eigenvalue weighted by Crippen LogP contribution is 2.34. The number of carbonyl (C=O) groups excluding carboxylic acids is 1. The first kappa shape index (κ1) is 21.4. The monoisotopic (exact) mass is 435 g/mol. The summed E-state index contributed by atoms with van der Waals surface area (Å²) in [5.74, 6) is -1.50. The van der Waals surface area contributed by atoms with Crippen molar-refractivity contribution in [3.05, 3.63) is 70.9 Å². The summed E-state index contributed by atoms with van der Waals surface area (Å²) >= 11 is 0. The second kappa shape index (κ2) is 8.20. The van der Waals surface area contributed by atoms with Gasteiger partial charge in [-0.25, -0.2) is 17.6 Å². The quantitative estimate of drug-likeness (QED) is 0.508. The van der Waals surface area contributed by atoms with Crippen molar-refractivity contribution in [3.63, 3.8) is 0 Å². The molecule has 0 aliphatic carbocycles. The first-order valence-electron chi connectivity index (χ1n) is 8.26. The fourth-order valence-corrected chi connectivity index (χ4v) is 2.62. The zero-order chi connectivity index (χ0) is 22.1. The second-order valence-corrected chi connectivity index (χ2v) is 6.02.